The first kappa shape index (κ1) is 16.4. The number of carboxylic acid groups (broad SMARTS) is 1. The molecule has 7 nitrogen and oxygen atoms in total. The summed E-state index contributed by atoms with van der Waals surface area (Å²) in [6.45, 7) is 5.20. The molecule has 2 rings (SSSR count). The van der Waals surface area contributed by atoms with Crippen molar-refractivity contribution in [2.45, 2.75) is 26.8 Å². The zero-order valence-electron chi connectivity index (χ0n) is 12.1. The van der Waals surface area contributed by atoms with E-state index in [0.29, 0.717) is 20.7 Å². The summed E-state index contributed by atoms with van der Waals surface area (Å²) in [5.41, 5.74) is 0.634. The van der Waals surface area contributed by atoms with E-state index in [1.54, 1.807) is 13.8 Å². The lowest BCUT2D eigenvalue weighted by Gasteiger charge is -2.11. The minimum atomic E-state index is -1.03. The number of aliphatic carboxylic acids is 1. The van der Waals surface area contributed by atoms with E-state index >= 15 is 0 Å². The van der Waals surface area contributed by atoms with Crippen LogP contribution in [0.5, 0.6) is 0 Å². The van der Waals surface area contributed by atoms with Gasteiger partial charge in [-0.25, -0.2) is 14.8 Å². The molecule has 0 radical (unpaired) electrons. The maximum Gasteiger partial charge on any atom is 0.348 e. The predicted molar refractivity (Wildman–Crippen MR) is 83.8 cm³/mol. The first-order chi connectivity index (χ1) is 10.3. The maximum atomic E-state index is 12.0. The molecule has 118 valence electrons. The minimum Gasteiger partial charge on any atom is -0.480 e. The summed E-state index contributed by atoms with van der Waals surface area (Å²) >= 11 is 7.01. The average molecular weight is 344 g/mol. The number of hydrogen-bond donors (Lipinski definition) is 2. The van der Waals surface area contributed by atoms with Crippen molar-refractivity contribution >= 4 is 50.9 Å². The van der Waals surface area contributed by atoms with Gasteiger partial charge in [-0.05, 0) is 37.9 Å². The fourth-order valence-corrected chi connectivity index (χ4v) is 3.17. The smallest absolute Gasteiger partial charge is 0.348 e. The first-order valence-electron chi connectivity index (χ1n) is 6.48. The summed E-state index contributed by atoms with van der Waals surface area (Å²) in [5.74, 6) is -1.19. The highest BCUT2D eigenvalue weighted by atomic mass is 35.5. The van der Waals surface area contributed by atoms with Gasteiger partial charge in [-0.1, -0.05) is 0 Å². The van der Waals surface area contributed by atoms with E-state index in [2.05, 4.69) is 15.3 Å². The summed E-state index contributed by atoms with van der Waals surface area (Å²) in [4.78, 5) is 32.0. The van der Waals surface area contributed by atoms with E-state index in [4.69, 9.17) is 21.4 Å². The number of carbonyl (C=O) groups excluding carboxylic acids is 1. The number of rotatable bonds is 5. The van der Waals surface area contributed by atoms with Crippen LogP contribution in [0.25, 0.3) is 10.2 Å². The van der Waals surface area contributed by atoms with Crippen molar-refractivity contribution in [1.82, 2.24) is 9.97 Å². The van der Waals surface area contributed by atoms with Crippen LogP contribution in [0.2, 0.25) is 5.28 Å². The predicted octanol–water partition coefficient (Wildman–Crippen LogP) is 2.71. The number of anilines is 1. The number of nitrogens with zero attached hydrogens (tertiary/aromatic N) is 2. The molecule has 0 aliphatic rings. The number of carboxylic acids is 1. The third kappa shape index (κ3) is 3.12. The highest BCUT2D eigenvalue weighted by molar-refractivity contribution is 7.20. The lowest BCUT2D eigenvalue weighted by Crippen LogP contribution is -2.26. The fraction of sp³-hybridized carbons (Fsp3) is 0.385. The number of aromatic nitrogens is 2. The number of thiophene rings is 1. The van der Waals surface area contributed by atoms with Crippen molar-refractivity contribution in [3.8, 4) is 0 Å². The summed E-state index contributed by atoms with van der Waals surface area (Å²) in [6.07, 6.45) is 0. The van der Waals surface area contributed by atoms with Crippen molar-refractivity contribution < 1.29 is 19.4 Å². The van der Waals surface area contributed by atoms with Crippen LogP contribution in [-0.2, 0) is 9.53 Å². The van der Waals surface area contributed by atoms with Gasteiger partial charge in [0.05, 0.1) is 12.0 Å². The first-order valence-corrected chi connectivity index (χ1v) is 7.67. The quantitative estimate of drug-likeness (QED) is 0.635. The van der Waals surface area contributed by atoms with Crippen molar-refractivity contribution in [3.05, 3.63) is 15.7 Å². The molecule has 0 spiro atoms. The Hall–Kier alpha value is -1.93. The number of aryl methyl sites for hydroxylation is 1. The Morgan fingerprint density at radius 2 is 2.14 bits per heavy atom. The van der Waals surface area contributed by atoms with Crippen molar-refractivity contribution in [1.29, 1.82) is 0 Å². The SMILES string of the molecule is CCOC(=O)c1sc2nc(Cl)nc(NC(C)C(=O)O)c2c1C. The van der Waals surface area contributed by atoms with Crippen molar-refractivity contribution in [2.75, 3.05) is 11.9 Å². The van der Waals surface area contributed by atoms with E-state index < -0.39 is 18.0 Å². The van der Waals surface area contributed by atoms with E-state index in [1.165, 1.54) is 6.92 Å². The Labute approximate surface area is 135 Å². The molecule has 0 aliphatic heterocycles. The highest BCUT2D eigenvalue weighted by Crippen LogP contribution is 2.35. The van der Waals surface area contributed by atoms with Crippen molar-refractivity contribution in [2.24, 2.45) is 0 Å². The van der Waals surface area contributed by atoms with E-state index in [1.807, 2.05) is 0 Å². The van der Waals surface area contributed by atoms with Gasteiger partial charge >= 0.3 is 11.9 Å². The second-order valence-electron chi connectivity index (χ2n) is 4.50. The third-order valence-electron chi connectivity index (χ3n) is 2.95. The number of hydrogen-bond acceptors (Lipinski definition) is 7. The molecule has 2 aromatic heterocycles. The average Bonchev–Trinajstić information content (AvgIpc) is 2.76. The summed E-state index contributed by atoms with van der Waals surface area (Å²) < 4.78 is 5.00. The Morgan fingerprint density at radius 3 is 2.73 bits per heavy atom. The van der Waals surface area contributed by atoms with Crippen LogP contribution in [0, 0.1) is 6.92 Å². The molecule has 2 N–H and O–H groups in total. The molecule has 0 saturated heterocycles. The van der Waals surface area contributed by atoms with E-state index in [-0.39, 0.29) is 17.7 Å². The standard InChI is InChI=1S/C13H14ClN3O4S/c1-4-21-12(20)8-5(2)7-9(15-6(3)11(18)19)16-13(14)17-10(7)22-8/h6H,4H2,1-3H3,(H,18,19)(H,15,16,17). The second kappa shape index (κ2) is 6.45. The Morgan fingerprint density at radius 1 is 1.45 bits per heavy atom. The normalized spacial score (nSPS) is 12.2. The summed E-state index contributed by atoms with van der Waals surface area (Å²) in [7, 11) is 0. The number of esters is 1. The summed E-state index contributed by atoms with van der Waals surface area (Å²) in [5, 5.41) is 12.3. The summed E-state index contributed by atoms with van der Waals surface area (Å²) in [6, 6.07) is -0.862. The third-order valence-corrected chi connectivity index (χ3v) is 4.28. The zero-order chi connectivity index (χ0) is 16.4. The largest absolute Gasteiger partial charge is 0.480 e. The molecule has 22 heavy (non-hydrogen) atoms. The maximum absolute atomic E-state index is 12.0. The number of fused-ring (bicyclic) bond motifs is 1. The Balaban J connectivity index is 2.57. The van der Waals surface area contributed by atoms with Gasteiger partial charge in [0, 0.05) is 0 Å². The fourth-order valence-electron chi connectivity index (χ4n) is 1.88. The van der Waals surface area contributed by atoms with Crippen LogP contribution in [0.1, 0.15) is 29.1 Å². The van der Waals surface area contributed by atoms with Crippen molar-refractivity contribution in [3.63, 3.8) is 0 Å². The molecule has 0 saturated carbocycles. The molecule has 0 aliphatic carbocycles. The molecule has 2 heterocycles. The van der Waals surface area contributed by atoms with E-state index in [0.717, 1.165) is 11.3 Å². The van der Waals surface area contributed by atoms with Crippen LogP contribution in [-0.4, -0.2) is 39.7 Å². The molecular formula is C13H14ClN3O4S. The molecule has 0 aromatic carbocycles. The van der Waals surface area contributed by atoms with Crippen LogP contribution >= 0.6 is 22.9 Å². The number of halogens is 1. The van der Waals surface area contributed by atoms with Crippen LogP contribution in [0.15, 0.2) is 0 Å². The molecular weight excluding hydrogens is 330 g/mol. The monoisotopic (exact) mass is 343 g/mol. The van der Waals surface area contributed by atoms with Gasteiger partial charge < -0.3 is 15.2 Å². The molecule has 0 fully saturated rings. The molecule has 1 atom stereocenters. The molecule has 1 unspecified atom stereocenters. The molecule has 2 aromatic rings. The van der Waals surface area contributed by atoms with Gasteiger partial charge in [0.25, 0.3) is 0 Å². The molecule has 9 heteroatoms. The van der Waals surface area contributed by atoms with Crippen LogP contribution in [0.4, 0.5) is 5.82 Å². The molecule has 0 bridgehead atoms. The topological polar surface area (TPSA) is 101 Å². The van der Waals surface area contributed by atoms with Gasteiger partial charge in [-0.3, -0.25) is 4.79 Å². The van der Waals surface area contributed by atoms with Gasteiger partial charge in [0.15, 0.2) is 0 Å². The highest BCUT2D eigenvalue weighted by Gasteiger charge is 2.22. The zero-order valence-corrected chi connectivity index (χ0v) is 13.7. The number of ether oxygens (including phenoxy) is 1. The van der Waals surface area contributed by atoms with Crippen LogP contribution < -0.4 is 5.32 Å². The van der Waals surface area contributed by atoms with E-state index in [9.17, 15) is 9.59 Å². The van der Waals surface area contributed by atoms with Gasteiger partial charge in [-0.2, -0.15) is 0 Å². The Bertz CT molecular complexity index is 746. The van der Waals surface area contributed by atoms with Gasteiger partial charge in [0.2, 0.25) is 5.28 Å². The van der Waals surface area contributed by atoms with Gasteiger partial charge in [0.1, 0.15) is 21.6 Å². The molecule has 0 amide bonds. The lowest BCUT2D eigenvalue weighted by atomic mass is 10.2. The second-order valence-corrected chi connectivity index (χ2v) is 5.84. The number of carbonyl (C=O) groups is 2. The lowest BCUT2D eigenvalue weighted by molar-refractivity contribution is -0.137. The minimum absolute atomic E-state index is 0.0238. The Kier molecular flexibility index (Phi) is 4.82. The van der Waals surface area contributed by atoms with Gasteiger partial charge in [-0.15, -0.1) is 11.3 Å². The number of nitrogens with one attached hydrogen (secondary N) is 1. The van der Waals surface area contributed by atoms with Crippen LogP contribution in [0.3, 0.4) is 0 Å².